The fourth-order valence-electron chi connectivity index (χ4n) is 5.63. The Morgan fingerprint density at radius 2 is 1.56 bits per heavy atom. The zero-order valence-electron chi connectivity index (χ0n) is 31.4. The van der Waals surface area contributed by atoms with Crippen molar-refractivity contribution in [3.63, 3.8) is 0 Å². The van der Waals surface area contributed by atoms with Crippen molar-refractivity contribution >= 4 is 35.6 Å². The maximum Gasteiger partial charge on any atom is 0.328 e. The molecular formula is C39H50N4O11. The number of hydrogen-bond acceptors (Lipinski definition) is 11. The van der Waals surface area contributed by atoms with Gasteiger partial charge in [-0.25, -0.2) is 10.3 Å². The van der Waals surface area contributed by atoms with Crippen LogP contribution < -0.4 is 26.2 Å². The van der Waals surface area contributed by atoms with Gasteiger partial charge in [0.2, 0.25) is 11.8 Å². The summed E-state index contributed by atoms with van der Waals surface area (Å²) >= 11 is 0. The molecule has 0 aliphatic rings. The van der Waals surface area contributed by atoms with E-state index in [2.05, 4.69) is 33.1 Å². The number of carbonyl (C=O) groups excluding carboxylic acids is 6. The summed E-state index contributed by atoms with van der Waals surface area (Å²) in [7, 11) is 2.29. The summed E-state index contributed by atoms with van der Waals surface area (Å²) in [5.41, 5.74) is 3.95. The van der Waals surface area contributed by atoms with Crippen molar-refractivity contribution in [3.05, 3.63) is 77.6 Å². The molecule has 3 rings (SSSR count). The monoisotopic (exact) mass is 750 g/mol. The molecule has 3 atom stereocenters. The molecule has 15 nitrogen and oxygen atoms in total. The molecule has 2 aromatic carbocycles. The van der Waals surface area contributed by atoms with Crippen LogP contribution in [0.2, 0.25) is 0 Å². The van der Waals surface area contributed by atoms with Gasteiger partial charge in [0, 0.05) is 11.5 Å². The van der Waals surface area contributed by atoms with Crippen LogP contribution in [0.15, 0.2) is 65.1 Å². The standard InChI is InChI=1S/C39H50N4O11/c1-6-9-11-16-28(27(7-2)37(47)43-53-23-25-14-12-10-13-15-25)35(45)40-24-41-38(48)32-20-19-31(54-32)26-17-18-29(33(21-26)52-8-3)36(46)42-30(39(49)51-5)22-34(44)50-4/h10,12-15,17-21,27-28,30H,6-9,11,16,22-24H2,1-5H3,(H,40,45)(H,41,48)(H,42,46)(H,43,47)/t27-,28-,30+/m1/s1. The summed E-state index contributed by atoms with van der Waals surface area (Å²) in [4.78, 5) is 82.0. The van der Waals surface area contributed by atoms with Gasteiger partial charge in [-0.05, 0) is 49.6 Å². The van der Waals surface area contributed by atoms with Gasteiger partial charge in [-0.15, -0.1) is 0 Å². The third kappa shape index (κ3) is 12.8. The highest BCUT2D eigenvalue weighted by Crippen LogP contribution is 2.29. The zero-order chi connectivity index (χ0) is 39.5. The molecule has 4 N–H and O–H groups in total. The number of ether oxygens (including phenoxy) is 3. The van der Waals surface area contributed by atoms with E-state index >= 15 is 0 Å². The van der Waals surface area contributed by atoms with E-state index < -0.39 is 48.1 Å². The average molecular weight is 751 g/mol. The van der Waals surface area contributed by atoms with Crippen LogP contribution in [-0.4, -0.2) is 69.1 Å². The highest BCUT2D eigenvalue weighted by Gasteiger charge is 2.32. The summed E-state index contributed by atoms with van der Waals surface area (Å²) in [5.74, 6) is -4.45. The first kappa shape index (κ1) is 42.7. The fraction of sp³-hybridized carbons (Fsp3) is 0.436. The summed E-state index contributed by atoms with van der Waals surface area (Å²) in [6, 6.07) is 15.7. The van der Waals surface area contributed by atoms with E-state index in [1.807, 2.05) is 37.3 Å². The smallest absolute Gasteiger partial charge is 0.328 e. The molecular weight excluding hydrogens is 700 g/mol. The first-order valence-corrected chi connectivity index (χ1v) is 17.9. The number of hydrogen-bond donors (Lipinski definition) is 4. The van der Waals surface area contributed by atoms with Crippen molar-refractivity contribution in [1.82, 2.24) is 21.4 Å². The van der Waals surface area contributed by atoms with Crippen LogP contribution in [-0.2, 0) is 40.1 Å². The molecule has 0 fully saturated rings. The maximum atomic E-state index is 13.4. The van der Waals surface area contributed by atoms with E-state index in [1.165, 1.54) is 18.2 Å². The largest absolute Gasteiger partial charge is 0.493 e. The average Bonchev–Trinajstić information content (AvgIpc) is 3.68. The second-order valence-corrected chi connectivity index (χ2v) is 12.2. The number of amides is 4. The maximum absolute atomic E-state index is 13.4. The summed E-state index contributed by atoms with van der Waals surface area (Å²) in [6.45, 7) is 5.80. The Labute approximate surface area is 314 Å². The van der Waals surface area contributed by atoms with E-state index in [1.54, 1.807) is 19.1 Å². The number of rotatable bonds is 22. The highest BCUT2D eigenvalue weighted by molar-refractivity contribution is 6.00. The molecule has 54 heavy (non-hydrogen) atoms. The van der Waals surface area contributed by atoms with Gasteiger partial charge in [0.25, 0.3) is 11.8 Å². The van der Waals surface area contributed by atoms with Crippen LogP contribution in [0.4, 0.5) is 0 Å². The fourth-order valence-corrected chi connectivity index (χ4v) is 5.63. The predicted molar refractivity (Wildman–Crippen MR) is 196 cm³/mol. The van der Waals surface area contributed by atoms with Crippen molar-refractivity contribution in [2.45, 2.75) is 71.9 Å². The van der Waals surface area contributed by atoms with Crippen molar-refractivity contribution in [2.75, 3.05) is 27.5 Å². The Bertz CT molecular complexity index is 1710. The second-order valence-electron chi connectivity index (χ2n) is 12.2. The minimum atomic E-state index is -1.29. The lowest BCUT2D eigenvalue weighted by atomic mass is 9.84. The van der Waals surface area contributed by atoms with Gasteiger partial charge in [0.15, 0.2) is 5.76 Å². The van der Waals surface area contributed by atoms with Gasteiger partial charge in [-0.3, -0.25) is 28.8 Å². The van der Waals surface area contributed by atoms with Gasteiger partial charge in [0.05, 0.1) is 52.0 Å². The van der Waals surface area contributed by atoms with E-state index in [0.29, 0.717) is 18.4 Å². The van der Waals surface area contributed by atoms with Crippen LogP contribution in [0.3, 0.4) is 0 Å². The zero-order valence-corrected chi connectivity index (χ0v) is 31.4. The Morgan fingerprint density at radius 3 is 2.22 bits per heavy atom. The minimum Gasteiger partial charge on any atom is -0.493 e. The number of esters is 2. The van der Waals surface area contributed by atoms with Gasteiger partial charge in [-0.2, -0.15) is 0 Å². The Balaban J connectivity index is 1.64. The molecule has 15 heteroatoms. The first-order valence-electron chi connectivity index (χ1n) is 17.9. The third-order valence-electron chi connectivity index (χ3n) is 8.51. The quantitative estimate of drug-likeness (QED) is 0.0489. The van der Waals surface area contributed by atoms with E-state index in [0.717, 1.165) is 39.0 Å². The Kier molecular flexibility index (Phi) is 17.7. The van der Waals surface area contributed by atoms with Gasteiger partial charge in [-0.1, -0.05) is 69.5 Å². The van der Waals surface area contributed by atoms with Gasteiger partial charge >= 0.3 is 11.9 Å². The Morgan fingerprint density at radius 1 is 0.796 bits per heavy atom. The highest BCUT2D eigenvalue weighted by atomic mass is 16.7. The molecule has 0 unspecified atom stereocenters. The van der Waals surface area contributed by atoms with Crippen LogP contribution in [0.1, 0.15) is 85.8 Å². The molecule has 0 spiro atoms. The van der Waals surface area contributed by atoms with Crippen LogP contribution in [0, 0.1) is 11.8 Å². The summed E-state index contributed by atoms with van der Waals surface area (Å²) < 4.78 is 20.8. The molecule has 1 aromatic heterocycles. The molecule has 1 heterocycles. The molecule has 0 aliphatic carbocycles. The lowest BCUT2D eigenvalue weighted by Crippen LogP contribution is -2.45. The number of benzene rings is 2. The van der Waals surface area contributed by atoms with Gasteiger partial charge < -0.3 is 34.6 Å². The van der Waals surface area contributed by atoms with E-state index in [-0.39, 0.29) is 54.5 Å². The second kappa shape index (κ2) is 22.4. The molecule has 292 valence electrons. The molecule has 0 bridgehead atoms. The van der Waals surface area contributed by atoms with E-state index in [9.17, 15) is 28.8 Å². The summed E-state index contributed by atoms with van der Waals surface area (Å²) in [5, 5.41) is 7.83. The van der Waals surface area contributed by atoms with Crippen LogP contribution in [0.5, 0.6) is 5.75 Å². The van der Waals surface area contributed by atoms with Crippen LogP contribution >= 0.6 is 0 Å². The SMILES string of the molecule is CCCCC[C@@H](C(=O)NCNC(=O)c1ccc(-c2ccc(C(=O)N[C@@H](CC(=O)OC)C(=O)OC)c(OCC)c2)o1)[C@@H](CC)C(=O)NOCc1ccccc1. The van der Waals surface area contributed by atoms with Gasteiger partial charge in [0.1, 0.15) is 17.6 Å². The summed E-state index contributed by atoms with van der Waals surface area (Å²) in [6.07, 6.45) is 3.07. The minimum absolute atomic E-state index is 0.0383. The van der Waals surface area contributed by atoms with Crippen molar-refractivity contribution in [3.8, 4) is 17.1 Å². The topological polar surface area (TPSA) is 201 Å². The lowest BCUT2D eigenvalue weighted by Gasteiger charge is -2.24. The molecule has 0 saturated carbocycles. The number of unbranched alkanes of at least 4 members (excludes halogenated alkanes) is 2. The number of carbonyl (C=O) groups is 6. The van der Waals surface area contributed by atoms with Crippen molar-refractivity contribution < 1.29 is 52.2 Å². The lowest BCUT2D eigenvalue weighted by molar-refractivity contribution is -0.149. The normalized spacial score (nSPS) is 12.4. The number of hydroxylamine groups is 1. The predicted octanol–water partition coefficient (Wildman–Crippen LogP) is 4.45. The molecule has 0 radical (unpaired) electrons. The first-order chi connectivity index (χ1) is 26.1. The number of nitrogens with one attached hydrogen (secondary N) is 4. The third-order valence-corrected chi connectivity index (χ3v) is 8.51. The number of furan rings is 1. The van der Waals surface area contributed by atoms with Crippen molar-refractivity contribution in [1.29, 1.82) is 0 Å². The molecule has 3 aromatic rings. The van der Waals surface area contributed by atoms with E-state index in [4.69, 9.17) is 18.7 Å². The van der Waals surface area contributed by atoms with Crippen molar-refractivity contribution in [2.24, 2.45) is 11.8 Å². The number of methoxy groups -OCH3 is 2. The van der Waals surface area contributed by atoms with Crippen LogP contribution in [0.25, 0.3) is 11.3 Å². The molecule has 4 amide bonds. The Hall–Kier alpha value is -5.70. The molecule has 0 saturated heterocycles. The molecule has 0 aliphatic heterocycles.